The molecule has 1 amide bonds. The van der Waals surface area contributed by atoms with E-state index in [4.69, 9.17) is 14.5 Å². The van der Waals surface area contributed by atoms with Gasteiger partial charge < -0.3 is 14.4 Å². The van der Waals surface area contributed by atoms with Gasteiger partial charge in [0.2, 0.25) is 5.76 Å². The van der Waals surface area contributed by atoms with Crippen molar-refractivity contribution in [1.29, 1.82) is 0 Å². The molecule has 1 aromatic heterocycles. The summed E-state index contributed by atoms with van der Waals surface area (Å²) in [5, 5.41) is 0.693. The minimum Gasteiger partial charge on any atom is -0.494 e. The predicted molar refractivity (Wildman–Crippen MR) is 112 cm³/mol. The van der Waals surface area contributed by atoms with Gasteiger partial charge in [0.25, 0.3) is 5.91 Å². The van der Waals surface area contributed by atoms with Gasteiger partial charge in [0, 0.05) is 18.0 Å². The van der Waals surface area contributed by atoms with Crippen LogP contribution in [0.3, 0.4) is 0 Å². The summed E-state index contributed by atoms with van der Waals surface area (Å²) in [5.41, 5.74) is 0.945. The van der Waals surface area contributed by atoms with Crippen molar-refractivity contribution in [2.24, 2.45) is 0 Å². The molecular formula is C19H25N3O3S2. The van der Waals surface area contributed by atoms with Crippen LogP contribution in [0.2, 0.25) is 0 Å². The van der Waals surface area contributed by atoms with Crippen LogP contribution in [0.5, 0.6) is 0 Å². The fraction of sp³-hybridized carbons (Fsp3) is 0.474. The number of hydrogen-bond donors (Lipinski definition) is 0. The summed E-state index contributed by atoms with van der Waals surface area (Å²) in [5.74, 6) is 0.0387. The van der Waals surface area contributed by atoms with Crippen molar-refractivity contribution in [3.63, 3.8) is 0 Å². The van der Waals surface area contributed by atoms with Gasteiger partial charge >= 0.3 is 0 Å². The third kappa shape index (κ3) is 4.56. The number of carbonyl (C=O) groups excluding carboxylic acids is 1. The lowest BCUT2D eigenvalue weighted by molar-refractivity contribution is -0.119. The van der Waals surface area contributed by atoms with E-state index in [1.54, 1.807) is 16.7 Å². The SMILES string of the molecule is CCN(CC)CCN(C(=O)C1=COCCO1)c1nc2c(SC)cccc2s1. The van der Waals surface area contributed by atoms with Crippen LogP contribution in [0.25, 0.3) is 10.2 Å². The molecule has 0 radical (unpaired) electrons. The number of rotatable bonds is 8. The number of ether oxygens (including phenoxy) is 2. The maximum absolute atomic E-state index is 13.1. The second-order valence-electron chi connectivity index (χ2n) is 5.99. The third-order valence-corrected chi connectivity index (χ3v) is 6.27. The second kappa shape index (κ2) is 9.43. The van der Waals surface area contributed by atoms with Gasteiger partial charge in [-0.05, 0) is 31.5 Å². The largest absolute Gasteiger partial charge is 0.494 e. The molecule has 2 heterocycles. The minimum absolute atomic E-state index is 0.202. The summed E-state index contributed by atoms with van der Waals surface area (Å²) < 4.78 is 11.9. The maximum Gasteiger partial charge on any atom is 0.298 e. The first-order chi connectivity index (χ1) is 13.2. The summed E-state index contributed by atoms with van der Waals surface area (Å²) in [6.45, 7) is 8.31. The molecule has 0 spiro atoms. The van der Waals surface area contributed by atoms with E-state index in [0.717, 1.165) is 34.7 Å². The number of nitrogens with zero attached hydrogens (tertiary/aromatic N) is 3. The Bertz CT molecular complexity index is 818. The highest BCUT2D eigenvalue weighted by Crippen LogP contribution is 2.34. The highest BCUT2D eigenvalue weighted by molar-refractivity contribution is 7.98. The lowest BCUT2D eigenvalue weighted by Crippen LogP contribution is -2.40. The first kappa shape index (κ1) is 20.0. The molecule has 0 aliphatic carbocycles. The van der Waals surface area contributed by atoms with Crippen molar-refractivity contribution in [1.82, 2.24) is 9.88 Å². The molecule has 0 N–H and O–H groups in total. The van der Waals surface area contributed by atoms with Crippen LogP contribution in [-0.2, 0) is 14.3 Å². The highest BCUT2D eigenvalue weighted by atomic mass is 32.2. The average molecular weight is 408 g/mol. The Kier molecular flexibility index (Phi) is 6.98. The number of aromatic nitrogens is 1. The predicted octanol–water partition coefficient (Wildman–Crippen LogP) is 3.58. The van der Waals surface area contributed by atoms with Gasteiger partial charge in [0.1, 0.15) is 19.5 Å². The number of likely N-dealkylation sites (N-methyl/N-ethyl adjacent to an activating group) is 1. The molecule has 0 saturated heterocycles. The smallest absolute Gasteiger partial charge is 0.298 e. The number of carbonyl (C=O) groups is 1. The molecule has 146 valence electrons. The lowest BCUT2D eigenvalue weighted by atomic mass is 10.3. The number of amides is 1. The van der Waals surface area contributed by atoms with Gasteiger partial charge in [0.05, 0.1) is 10.2 Å². The van der Waals surface area contributed by atoms with Crippen molar-refractivity contribution in [3.05, 3.63) is 30.2 Å². The Balaban J connectivity index is 1.93. The molecule has 0 unspecified atom stereocenters. The molecule has 0 fully saturated rings. The van der Waals surface area contributed by atoms with Gasteiger partial charge in [-0.2, -0.15) is 0 Å². The minimum atomic E-state index is -0.202. The van der Waals surface area contributed by atoms with E-state index in [1.807, 2.05) is 18.4 Å². The molecule has 8 heteroatoms. The number of benzene rings is 1. The first-order valence-electron chi connectivity index (χ1n) is 9.10. The topological polar surface area (TPSA) is 54.9 Å². The van der Waals surface area contributed by atoms with E-state index in [2.05, 4.69) is 24.8 Å². The van der Waals surface area contributed by atoms with E-state index in [0.29, 0.717) is 24.9 Å². The Morgan fingerprint density at radius 1 is 1.26 bits per heavy atom. The Morgan fingerprint density at radius 2 is 2.07 bits per heavy atom. The van der Waals surface area contributed by atoms with Crippen LogP contribution in [0, 0.1) is 0 Å². The normalized spacial score (nSPS) is 14.0. The number of thioether (sulfide) groups is 1. The molecule has 0 bridgehead atoms. The molecule has 2 aromatic rings. The fourth-order valence-electron chi connectivity index (χ4n) is 2.87. The summed E-state index contributed by atoms with van der Waals surface area (Å²) >= 11 is 3.19. The molecule has 0 saturated carbocycles. The Morgan fingerprint density at radius 3 is 2.74 bits per heavy atom. The lowest BCUT2D eigenvalue weighted by Gasteiger charge is -2.26. The molecule has 1 aromatic carbocycles. The number of hydrogen-bond acceptors (Lipinski definition) is 7. The quantitative estimate of drug-likeness (QED) is 0.624. The third-order valence-electron chi connectivity index (χ3n) is 4.46. The van der Waals surface area contributed by atoms with Gasteiger partial charge in [0.15, 0.2) is 5.13 Å². The molecule has 27 heavy (non-hydrogen) atoms. The Labute approximate surface area is 168 Å². The van der Waals surface area contributed by atoms with Crippen molar-refractivity contribution >= 4 is 44.4 Å². The zero-order chi connectivity index (χ0) is 19.2. The van der Waals surface area contributed by atoms with Crippen molar-refractivity contribution < 1.29 is 14.3 Å². The Hall–Kier alpha value is -1.77. The van der Waals surface area contributed by atoms with Crippen LogP contribution >= 0.6 is 23.1 Å². The van der Waals surface area contributed by atoms with Gasteiger partial charge in [-0.25, -0.2) is 4.98 Å². The van der Waals surface area contributed by atoms with E-state index in [-0.39, 0.29) is 11.7 Å². The van der Waals surface area contributed by atoms with E-state index in [9.17, 15) is 4.79 Å². The zero-order valence-corrected chi connectivity index (χ0v) is 17.6. The van der Waals surface area contributed by atoms with E-state index in [1.165, 1.54) is 17.6 Å². The van der Waals surface area contributed by atoms with Crippen LogP contribution in [0.4, 0.5) is 5.13 Å². The number of fused-ring (bicyclic) bond motifs is 1. The van der Waals surface area contributed by atoms with Crippen molar-refractivity contribution in [2.45, 2.75) is 18.7 Å². The summed E-state index contributed by atoms with van der Waals surface area (Å²) in [6.07, 6.45) is 3.45. The number of para-hydroxylation sites is 1. The second-order valence-corrected chi connectivity index (χ2v) is 7.85. The zero-order valence-electron chi connectivity index (χ0n) is 15.9. The highest BCUT2D eigenvalue weighted by Gasteiger charge is 2.26. The van der Waals surface area contributed by atoms with Crippen molar-refractivity contribution in [3.8, 4) is 0 Å². The fourth-order valence-corrected chi connectivity index (χ4v) is 4.52. The summed E-state index contributed by atoms with van der Waals surface area (Å²) in [7, 11) is 0. The van der Waals surface area contributed by atoms with Crippen LogP contribution in [-0.4, -0.2) is 61.4 Å². The number of thiazole rings is 1. The monoisotopic (exact) mass is 407 g/mol. The van der Waals surface area contributed by atoms with Gasteiger partial charge in [-0.15, -0.1) is 11.8 Å². The van der Waals surface area contributed by atoms with Gasteiger partial charge in [-0.1, -0.05) is 31.3 Å². The van der Waals surface area contributed by atoms with E-state index >= 15 is 0 Å². The standard InChI is InChI=1S/C19H25N3O3S2/c1-4-21(5-2)9-10-22(18(23)14-13-24-11-12-25-14)19-20-17-15(26-3)7-6-8-16(17)27-19/h6-8,13H,4-5,9-12H2,1-3H3. The number of anilines is 1. The van der Waals surface area contributed by atoms with Gasteiger partial charge in [-0.3, -0.25) is 9.69 Å². The molecule has 1 aliphatic heterocycles. The maximum atomic E-state index is 13.1. The van der Waals surface area contributed by atoms with E-state index < -0.39 is 0 Å². The molecule has 6 nitrogen and oxygen atoms in total. The van der Waals surface area contributed by atoms with Crippen molar-refractivity contribution in [2.75, 3.05) is 50.5 Å². The summed E-state index contributed by atoms with van der Waals surface area (Å²) in [6, 6.07) is 6.13. The first-order valence-corrected chi connectivity index (χ1v) is 11.1. The van der Waals surface area contributed by atoms with Crippen LogP contribution < -0.4 is 4.90 Å². The average Bonchev–Trinajstić information content (AvgIpc) is 3.15. The molecular weight excluding hydrogens is 382 g/mol. The molecule has 3 rings (SSSR count). The molecule has 1 aliphatic rings. The summed E-state index contributed by atoms with van der Waals surface area (Å²) in [4.78, 5) is 23.0. The van der Waals surface area contributed by atoms with Crippen LogP contribution in [0.15, 0.2) is 35.1 Å². The molecule has 0 atom stereocenters. The van der Waals surface area contributed by atoms with Crippen LogP contribution in [0.1, 0.15) is 13.8 Å².